The molecule has 0 aliphatic rings. The lowest BCUT2D eigenvalue weighted by Gasteiger charge is -2.39. The minimum atomic E-state index is -3.05. The van der Waals surface area contributed by atoms with Crippen molar-refractivity contribution in [3.05, 3.63) is 160 Å². The smallest absolute Gasteiger partial charge is 0.271 e. The van der Waals surface area contributed by atoms with E-state index in [4.69, 9.17) is 4.98 Å². The minimum Gasteiger partial charge on any atom is -0.379 e. The fourth-order valence-corrected chi connectivity index (χ4v) is 6.02. The summed E-state index contributed by atoms with van der Waals surface area (Å²) in [5.74, 6) is 0.372. The van der Waals surface area contributed by atoms with Gasteiger partial charge < -0.3 is 9.67 Å². The van der Waals surface area contributed by atoms with Gasteiger partial charge in [-0.3, -0.25) is 0 Å². The molecule has 0 fully saturated rings. The van der Waals surface area contributed by atoms with Crippen LogP contribution in [0.4, 0.5) is 8.78 Å². The number of aliphatic hydroxyl groups is 1. The van der Waals surface area contributed by atoms with Crippen LogP contribution in [0.15, 0.2) is 126 Å². The fourth-order valence-electron chi connectivity index (χ4n) is 5.76. The van der Waals surface area contributed by atoms with Crippen molar-refractivity contribution in [2.75, 3.05) is 0 Å². The molecule has 0 radical (unpaired) electrons. The maximum absolute atomic E-state index is 14.9. The van der Waals surface area contributed by atoms with Crippen molar-refractivity contribution in [2.45, 2.75) is 51.2 Å². The molecule has 4 aromatic carbocycles. The van der Waals surface area contributed by atoms with Gasteiger partial charge in [-0.05, 0) is 46.2 Å². The van der Waals surface area contributed by atoms with Gasteiger partial charge in [-0.15, -0.1) is 0 Å². The zero-order chi connectivity index (χ0) is 30.0. The standard InChI is InChI=1S/C36H35BrF2N2O/c1-34(2,3)23-31-25-41(32(40-31)24-35(42,33(38)39)26-19-21-30(37)22-20-26)36(27-13-7-4-8-14-27,28-15-9-5-10-16-28)29-17-11-6-12-18-29/h4-22,25,33,42H,23-24H2,1-3H3. The van der Waals surface area contributed by atoms with Crippen LogP contribution in [0.5, 0.6) is 0 Å². The minimum absolute atomic E-state index is 0.101. The molecule has 0 saturated carbocycles. The van der Waals surface area contributed by atoms with Crippen molar-refractivity contribution in [2.24, 2.45) is 5.41 Å². The van der Waals surface area contributed by atoms with E-state index in [0.29, 0.717) is 12.2 Å². The van der Waals surface area contributed by atoms with Crippen molar-refractivity contribution in [1.29, 1.82) is 0 Å². The summed E-state index contributed by atoms with van der Waals surface area (Å²) in [4.78, 5) is 5.01. The Bertz CT molecular complexity index is 1500. The molecule has 6 heteroatoms. The first kappa shape index (κ1) is 29.9. The SMILES string of the molecule is CC(C)(C)Cc1cn(C(c2ccccc2)(c2ccccc2)c2ccccc2)c(CC(O)(c2ccc(Br)cc2)C(F)F)n1. The number of rotatable bonds is 9. The van der Waals surface area contributed by atoms with E-state index in [1.165, 1.54) is 0 Å². The number of imidazole rings is 1. The third kappa shape index (κ3) is 5.83. The van der Waals surface area contributed by atoms with Gasteiger partial charge in [0.25, 0.3) is 6.43 Å². The number of alkyl halides is 2. The Labute approximate surface area is 255 Å². The fraction of sp³-hybridized carbons (Fsp3) is 0.250. The van der Waals surface area contributed by atoms with Gasteiger partial charge in [-0.25, -0.2) is 13.8 Å². The van der Waals surface area contributed by atoms with Gasteiger partial charge in [0.15, 0.2) is 5.60 Å². The van der Waals surface area contributed by atoms with Crippen molar-refractivity contribution < 1.29 is 13.9 Å². The lowest BCUT2D eigenvalue weighted by molar-refractivity contribution is -0.103. The molecular formula is C36H35BrF2N2O. The first-order chi connectivity index (χ1) is 20.0. The third-order valence-corrected chi connectivity index (χ3v) is 8.14. The predicted octanol–water partition coefficient (Wildman–Crippen LogP) is 8.77. The molecule has 1 unspecified atom stereocenters. The highest BCUT2D eigenvalue weighted by molar-refractivity contribution is 9.10. The van der Waals surface area contributed by atoms with Crippen LogP contribution in [-0.2, 0) is 24.0 Å². The van der Waals surface area contributed by atoms with E-state index in [9.17, 15) is 13.9 Å². The highest BCUT2D eigenvalue weighted by Crippen LogP contribution is 2.43. The van der Waals surface area contributed by atoms with Crippen LogP contribution in [0, 0.1) is 5.41 Å². The summed E-state index contributed by atoms with van der Waals surface area (Å²) >= 11 is 3.38. The Morgan fingerprint density at radius 1 is 0.690 bits per heavy atom. The van der Waals surface area contributed by atoms with E-state index >= 15 is 0 Å². The second-order valence-electron chi connectivity index (χ2n) is 12.0. The largest absolute Gasteiger partial charge is 0.379 e. The molecule has 5 rings (SSSR count). The van der Waals surface area contributed by atoms with E-state index < -0.39 is 17.6 Å². The summed E-state index contributed by atoms with van der Waals surface area (Å²) < 4.78 is 32.6. The molecule has 1 heterocycles. The van der Waals surface area contributed by atoms with Crippen LogP contribution in [0.25, 0.3) is 0 Å². The molecule has 0 amide bonds. The summed E-state index contributed by atoms with van der Waals surface area (Å²) in [5, 5.41) is 11.7. The molecule has 0 aliphatic heterocycles. The number of aromatic nitrogens is 2. The summed E-state index contributed by atoms with van der Waals surface area (Å²) in [6.45, 7) is 6.38. The number of hydrogen-bond donors (Lipinski definition) is 1. The van der Waals surface area contributed by atoms with Crippen LogP contribution < -0.4 is 0 Å². The first-order valence-electron chi connectivity index (χ1n) is 14.0. The van der Waals surface area contributed by atoms with Crippen LogP contribution in [0.3, 0.4) is 0 Å². The van der Waals surface area contributed by atoms with Gasteiger partial charge in [0, 0.05) is 17.1 Å². The monoisotopic (exact) mass is 628 g/mol. The number of hydrogen-bond acceptors (Lipinski definition) is 2. The Kier molecular flexibility index (Phi) is 8.49. The zero-order valence-corrected chi connectivity index (χ0v) is 25.6. The molecule has 3 nitrogen and oxygen atoms in total. The Hall–Kier alpha value is -3.61. The molecule has 1 atom stereocenters. The maximum Gasteiger partial charge on any atom is 0.271 e. The van der Waals surface area contributed by atoms with Gasteiger partial charge in [0.1, 0.15) is 11.4 Å². The zero-order valence-electron chi connectivity index (χ0n) is 24.0. The van der Waals surface area contributed by atoms with Crippen LogP contribution in [0.2, 0.25) is 0 Å². The van der Waals surface area contributed by atoms with Gasteiger partial charge in [0.05, 0.1) is 5.69 Å². The van der Waals surface area contributed by atoms with Gasteiger partial charge in [0.2, 0.25) is 0 Å². The molecule has 1 N–H and O–H groups in total. The molecule has 5 aromatic rings. The van der Waals surface area contributed by atoms with Crippen molar-refractivity contribution >= 4 is 15.9 Å². The molecule has 1 aromatic heterocycles. The summed E-state index contributed by atoms with van der Waals surface area (Å²) in [6.07, 6.45) is -0.812. The second-order valence-corrected chi connectivity index (χ2v) is 12.9. The summed E-state index contributed by atoms with van der Waals surface area (Å²) in [6, 6.07) is 36.6. The highest BCUT2D eigenvalue weighted by Gasteiger charge is 2.45. The molecule has 42 heavy (non-hydrogen) atoms. The first-order valence-corrected chi connectivity index (χ1v) is 14.8. The lowest BCUT2D eigenvalue weighted by Crippen LogP contribution is -2.42. The quantitative estimate of drug-likeness (QED) is 0.166. The van der Waals surface area contributed by atoms with Crippen LogP contribution in [0.1, 0.15) is 54.5 Å². The van der Waals surface area contributed by atoms with E-state index in [1.807, 2.05) is 65.4 Å². The lowest BCUT2D eigenvalue weighted by atomic mass is 9.76. The number of nitrogens with zero attached hydrogens (tertiary/aromatic N) is 2. The Morgan fingerprint density at radius 2 is 1.14 bits per heavy atom. The van der Waals surface area contributed by atoms with E-state index in [2.05, 4.69) is 73.1 Å². The van der Waals surface area contributed by atoms with Crippen molar-refractivity contribution in [3.8, 4) is 0 Å². The van der Waals surface area contributed by atoms with E-state index in [0.717, 1.165) is 26.9 Å². The van der Waals surface area contributed by atoms with Crippen LogP contribution >= 0.6 is 15.9 Å². The van der Waals surface area contributed by atoms with E-state index in [-0.39, 0.29) is 17.4 Å². The Balaban J connectivity index is 1.85. The molecule has 0 spiro atoms. The predicted molar refractivity (Wildman–Crippen MR) is 168 cm³/mol. The summed E-state index contributed by atoms with van der Waals surface area (Å²) in [5.41, 5.74) is 0.252. The van der Waals surface area contributed by atoms with Gasteiger partial charge >= 0.3 is 0 Å². The topological polar surface area (TPSA) is 38.0 Å². The Morgan fingerprint density at radius 3 is 1.55 bits per heavy atom. The van der Waals surface area contributed by atoms with Crippen molar-refractivity contribution in [1.82, 2.24) is 9.55 Å². The maximum atomic E-state index is 14.9. The molecule has 216 valence electrons. The highest BCUT2D eigenvalue weighted by atomic mass is 79.9. The third-order valence-electron chi connectivity index (χ3n) is 7.61. The molecular weight excluding hydrogens is 594 g/mol. The molecule has 0 bridgehead atoms. The number of halogens is 3. The molecule has 0 aliphatic carbocycles. The molecule has 0 saturated heterocycles. The normalized spacial score (nSPS) is 13.7. The average molecular weight is 630 g/mol. The van der Waals surface area contributed by atoms with E-state index in [1.54, 1.807) is 24.3 Å². The average Bonchev–Trinajstić information content (AvgIpc) is 3.35. The van der Waals surface area contributed by atoms with Gasteiger partial charge in [-0.1, -0.05) is 140 Å². The second kappa shape index (κ2) is 11.9. The van der Waals surface area contributed by atoms with Crippen LogP contribution in [-0.4, -0.2) is 21.1 Å². The number of benzene rings is 4. The summed E-state index contributed by atoms with van der Waals surface area (Å²) in [7, 11) is 0. The van der Waals surface area contributed by atoms with Crippen molar-refractivity contribution in [3.63, 3.8) is 0 Å². The van der Waals surface area contributed by atoms with Gasteiger partial charge in [-0.2, -0.15) is 0 Å².